The Hall–Kier alpha value is -0.660. The molecule has 0 bridgehead atoms. The van der Waals surface area contributed by atoms with Gasteiger partial charge in [0.1, 0.15) is 6.04 Å². The Kier molecular flexibility index (Phi) is 8.35. The topological polar surface area (TPSA) is 92.5 Å². The maximum absolute atomic E-state index is 12.5. The molecule has 130 valence electrons. The first kappa shape index (κ1) is 19.4. The molecule has 0 aromatic rings. The number of hydrogen-bond donors (Lipinski definition) is 2. The second-order valence-electron chi connectivity index (χ2n) is 6.02. The van der Waals surface area contributed by atoms with Crippen LogP contribution in [0, 0.1) is 0 Å². The van der Waals surface area contributed by atoms with Gasteiger partial charge in [0.25, 0.3) is 0 Å². The van der Waals surface area contributed by atoms with Crippen molar-refractivity contribution in [2.75, 3.05) is 18.8 Å². The third-order valence-electron chi connectivity index (χ3n) is 4.11. The Balaban J connectivity index is 2.75. The second-order valence-corrected chi connectivity index (χ2v) is 8.06. The van der Waals surface area contributed by atoms with Gasteiger partial charge in [0.05, 0.1) is 5.75 Å². The molecule has 1 saturated heterocycles. The van der Waals surface area contributed by atoms with Crippen molar-refractivity contribution in [2.24, 2.45) is 5.73 Å². The summed E-state index contributed by atoms with van der Waals surface area (Å²) in [7, 11) is -3.35. The molecule has 2 atom stereocenters. The molecule has 6 nitrogen and oxygen atoms in total. The van der Waals surface area contributed by atoms with Crippen LogP contribution in [0.3, 0.4) is 0 Å². The van der Waals surface area contributed by atoms with Crippen molar-refractivity contribution in [1.82, 2.24) is 9.62 Å². The number of rotatable bonds is 9. The minimum Gasteiger partial charge on any atom is -0.351 e. The van der Waals surface area contributed by atoms with Crippen LogP contribution in [0.5, 0.6) is 0 Å². The minimum absolute atomic E-state index is 0.0647. The fourth-order valence-corrected chi connectivity index (χ4v) is 4.62. The largest absolute Gasteiger partial charge is 0.351 e. The first-order valence-electron chi connectivity index (χ1n) is 8.46. The van der Waals surface area contributed by atoms with Gasteiger partial charge in [0, 0.05) is 19.1 Å². The third kappa shape index (κ3) is 5.52. The highest BCUT2D eigenvalue weighted by atomic mass is 32.2. The molecule has 3 N–H and O–H groups in total. The number of carbonyl (C=O) groups is 1. The lowest BCUT2D eigenvalue weighted by Crippen LogP contribution is -2.55. The van der Waals surface area contributed by atoms with Crippen LogP contribution < -0.4 is 11.1 Å². The van der Waals surface area contributed by atoms with E-state index < -0.39 is 16.1 Å². The number of unbranched alkanes of at least 4 members (excludes halogenated alkanes) is 1. The number of nitrogens with zero attached hydrogens (tertiary/aromatic N) is 1. The Bertz CT molecular complexity index is 439. The Morgan fingerprint density at radius 1 is 1.32 bits per heavy atom. The number of nitrogens with one attached hydrogen (secondary N) is 1. The van der Waals surface area contributed by atoms with Gasteiger partial charge >= 0.3 is 0 Å². The van der Waals surface area contributed by atoms with E-state index in [-0.39, 0.29) is 17.7 Å². The first-order chi connectivity index (χ1) is 10.5. The number of carbonyl (C=O) groups excluding carboxylic acids is 1. The first-order valence-corrected chi connectivity index (χ1v) is 10.1. The van der Waals surface area contributed by atoms with Crippen LogP contribution in [0.4, 0.5) is 0 Å². The Morgan fingerprint density at radius 2 is 2.05 bits per heavy atom. The van der Waals surface area contributed by atoms with Gasteiger partial charge in [-0.15, -0.1) is 0 Å². The van der Waals surface area contributed by atoms with Gasteiger partial charge < -0.3 is 11.1 Å². The predicted octanol–water partition coefficient (Wildman–Crippen LogP) is 1.21. The molecule has 1 fully saturated rings. The van der Waals surface area contributed by atoms with Gasteiger partial charge in [0.2, 0.25) is 15.9 Å². The molecule has 0 radical (unpaired) electrons. The highest BCUT2D eigenvalue weighted by molar-refractivity contribution is 7.89. The van der Waals surface area contributed by atoms with Crippen molar-refractivity contribution < 1.29 is 13.2 Å². The smallest absolute Gasteiger partial charge is 0.238 e. The number of amides is 1. The van der Waals surface area contributed by atoms with Crippen LogP contribution in [0.15, 0.2) is 0 Å². The van der Waals surface area contributed by atoms with Crippen LogP contribution >= 0.6 is 0 Å². The van der Waals surface area contributed by atoms with Gasteiger partial charge in [-0.1, -0.05) is 33.1 Å². The van der Waals surface area contributed by atoms with Crippen LogP contribution in [0.25, 0.3) is 0 Å². The molecule has 2 unspecified atom stereocenters. The lowest BCUT2D eigenvalue weighted by molar-refractivity contribution is -0.126. The highest BCUT2D eigenvalue weighted by Gasteiger charge is 2.36. The molecule has 1 aliphatic rings. The van der Waals surface area contributed by atoms with Gasteiger partial charge in [-0.25, -0.2) is 8.42 Å². The summed E-state index contributed by atoms with van der Waals surface area (Å²) < 4.78 is 26.1. The predicted molar refractivity (Wildman–Crippen MR) is 88.9 cm³/mol. The normalized spacial score (nSPS) is 21.5. The van der Waals surface area contributed by atoms with E-state index in [2.05, 4.69) is 12.2 Å². The zero-order chi connectivity index (χ0) is 16.6. The summed E-state index contributed by atoms with van der Waals surface area (Å²) in [6, 6.07) is -0.633. The summed E-state index contributed by atoms with van der Waals surface area (Å²) in [4.78, 5) is 12.5. The molecule has 1 rings (SSSR count). The van der Waals surface area contributed by atoms with Gasteiger partial charge in [-0.2, -0.15) is 4.31 Å². The number of nitrogens with two attached hydrogens (primary N) is 1. The van der Waals surface area contributed by atoms with Crippen LogP contribution in [-0.4, -0.2) is 49.6 Å². The van der Waals surface area contributed by atoms with E-state index in [1.807, 2.05) is 6.92 Å². The van der Waals surface area contributed by atoms with Crippen molar-refractivity contribution >= 4 is 15.9 Å². The molecular weight excluding hydrogens is 302 g/mol. The van der Waals surface area contributed by atoms with E-state index in [4.69, 9.17) is 5.73 Å². The zero-order valence-electron chi connectivity index (χ0n) is 13.9. The van der Waals surface area contributed by atoms with Crippen molar-refractivity contribution in [3.05, 3.63) is 0 Å². The molecular formula is C15H31N3O3S. The molecule has 1 aliphatic heterocycles. The summed E-state index contributed by atoms with van der Waals surface area (Å²) >= 11 is 0. The number of sulfonamides is 1. The molecule has 0 saturated carbocycles. The quantitative estimate of drug-likeness (QED) is 0.663. The van der Waals surface area contributed by atoms with E-state index in [1.165, 1.54) is 4.31 Å². The van der Waals surface area contributed by atoms with Crippen LogP contribution in [0.2, 0.25) is 0 Å². The summed E-state index contributed by atoms with van der Waals surface area (Å²) in [5.41, 5.74) is 5.71. The van der Waals surface area contributed by atoms with Crippen molar-refractivity contribution in [3.8, 4) is 0 Å². The molecule has 0 aliphatic carbocycles. The van der Waals surface area contributed by atoms with Gasteiger partial charge in [-0.3, -0.25) is 4.79 Å². The summed E-state index contributed by atoms with van der Waals surface area (Å²) in [6.07, 6.45) is 5.76. The Labute approximate surface area is 134 Å². The average molecular weight is 333 g/mol. The SMILES string of the molecule is CCCCC(CN)NC(=O)C1CCCCN1S(=O)(=O)CCC. The van der Waals surface area contributed by atoms with Gasteiger partial charge in [-0.05, 0) is 25.7 Å². The van der Waals surface area contributed by atoms with Crippen LogP contribution in [-0.2, 0) is 14.8 Å². The molecule has 1 amide bonds. The average Bonchev–Trinajstić information content (AvgIpc) is 2.51. The standard InChI is InChI=1S/C15H31N3O3S/c1-3-5-8-13(12-16)17-15(19)14-9-6-7-10-18(14)22(20,21)11-4-2/h13-14H,3-12,16H2,1-2H3,(H,17,19). The molecule has 0 aromatic carbocycles. The summed E-state index contributed by atoms with van der Waals surface area (Å²) in [5, 5.41) is 2.95. The van der Waals surface area contributed by atoms with E-state index in [0.717, 1.165) is 32.1 Å². The molecule has 0 spiro atoms. The second kappa shape index (κ2) is 9.47. The van der Waals surface area contributed by atoms with Crippen LogP contribution in [0.1, 0.15) is 58.8 Å². The van der Waals surface area contributed by atoms with Gasteiger partial charge in [0.15, 0.2) is 0 Å². The summed E-state index contributed by atoms with van der Waals surface area (Å²) in [6.45, 7) is 4.77. The van der Waals surface area contributed by atoms with Crippen molar-refractivity contribution in [3.63, 3.8) is 0 Å². The maximum atomic E-state index is 12.5. The lowest BCUT2D eigenvalue weighted by Gasteiger charge is -2.34. The zero-order valence-corrected chi connectivity index (χ0v) is 14.7. The molecule has 1 heterocycles. The van der Waals surface area contributed by atoms with E-state index in [9.17, 15) is 13.2 Å². The molecule has 22 heavy (non-hydrogen) atoms. The number of hydrogen-bond acceptors (Lipinski definition) is 4. The third-order valence-corrected chi connectivity index (χ3v) is 6.19. The lowest BCUT2D eigenvalue weighted by atomic mass is 10.0. The minimum atomic E-state index is -3.35. The monoisotopic (exact) mass is 333 g/mol. The molecule has 7 heteroatoms. The van der Waals surface area contributed by atoms with E-state index >= 15 is 0 Å². The van der Waals surface area contributed by atoms with E-state index in [0.29, 0.717) is 25.9 Å². The summed E-state index contributed by atoms with van der Waals surface area (Å²) in [5.74, 6) is -0.0849. The fourth-order valence-electron chi connectivity index (χ4n) is 2.87. The van der Waals surface area contributed by atoms with Crippen molar-refractivity contribution in [1.29, 1.82) is 0 Å². The molecule has 0 aromatic heterocycles. The highest BCUT2D eigenvalue weighted by Crippen LogP contribution is 2.21. The maximum Gasteiger partial charge on any atom is 0.238 e. The van der Waals surface area contributed by atoms with Crippen molar-refractivity contribution in [2.45, 2.75) is 70.9 Å². The number of piperidine rings is 1. The fraction of sp³-hybridized carbons (Fsp3) is 0.933. The Morgan fingerprint density at radius 3 is 2.64 bits per heavy atom. The van der Waals surface area contributed by atoms with E-state index in [1.54, 1.807) is 0 Å².